The zero-order chi connectivity index (χ0) is 24.7. The molecule has 1 aromatic heterocycles. The van der Waals surface area contributed by atoms with Gasteiger partial charge in [0.2, 0.25) is 5.78 Å². The molecule has 0 saturated carbocycles. The number of aryl methyl sites for hydroxylation is 1. The van der Waals surface area contributed by atoms with Crippen molar-refractivity contribution >= 4 is 28.7 Å². The number of thiazole rings is 1. The second kappa shape index (κ2) is 8.81. The molecule has 1 aliphatic heterocycles. The van der Waals surface area contributed by atoms with E-state index in [0.29, 0.717) is 10.7 Å². The number of ketones is 1. The molecule has 4 aromatic rings. The molecule has 0 saturated heterocycles. The van der Waals surface area contributed by atoms with Crippen molar-refractivity contribution in [3.63, 3.8) is 0 Å². The molecule has 35 heavy (non-hydrogen) atoms. The number of nitrogens with zero attached hydrogens (tertiary/aromatic N) is 2. The third-order valence-corrected chi connectivity index (χ3v) is 7.02. The number of phenols is 1. The molecule has 2 N–H and O–H groups in total. The van der Waals surface area contributed by atoms with Gasteiger partial charge in [0.25, 0.3) is 5.91 Å². The van der Waals surface area contributed by atoms with Crippen molar-refractivity contribution in [3.8, 4) is 16.3 Å². The molecule has 0 radical (unpaired) electrons. The topological polar surface area (TPSA) is 90.7 Å². The van der Waals surface area contributed by atoms with Crippen LogP contribution in [0, 0.1) is 12.7 Å². The van der Waals surface area contributed by atoms with Gasteiger partial charge in [0.15, 0.2) is 5.76 Å². The molecule has 1 unspecified atom stereocenters. The summed E-state index contributed by atoms with van der Waals surface area (Å²) in [7, 11) is 0. The van der Waals surface area contributed by atoms with Gasteiger partial charge in [0.05, 0.1) is 27.9 Å². The zero-order valence-electron chi connectivity index (χ0n) is 18.5. The van der Waals surface area contributed by atoms with Gasteiger partial charge in [-0.1, -0.05) is 60.7 Å². The predicted molar refractivity (Wildman–Crippen MR) is 131 cm³/mol. The van der Waals surface area contributed by atoms with Crippen LogP contribution in [0.2, 0.25) is 0 Å². The van der Waals surface area contributed by atoms with E-state index in [1.54, 1.807) is 25.1 Å². The number of para-hydroxylation sites is 2. The predicted octanol–water partition coefficient (Wildman–Crippen LogP) is 5.75. The average Bonchev–Trinajstić information content (AvgIpc) is 3.37. The fourth-order valence-corrected chi connectivity index (χ4v) is 5.20. The number of halogens is 1. The maximum Gasteiger partial charge on any atom is 0.294 e. The molecule has 174 valence electrons. The van der Waals surface area contributed by atoms with Gasteiger partial charge in [-0.15, -0.1) is 11.3 Å². The Morgan fingerprint density at radius 2 is 1.63 bits per heavy atom. The SMILES string of the molecule is Cc1nc(-c2ccccc2)sc1C(=O)C1=C(O)C(=O)N(c2ccccc2O)C1c1ccccc1F. The van der Waals surface area contributed by atoms with E-state index < -0.39 is 29.3 Å². The summed E-state index contributed by atoms with van der Waals surface area (Å²) >= 11 is 1.13. The van der Waals surface area contributed by atoms with E-state index in [-0.39, 0.29) is 27.5 Å². The highest BCUT2D eigenvalue weighted by molar-refractivity contribution is 7.17. The van der Waals surface area contributed by atoms with E-state index >= 15 is 4.39 Å². The number of rotatable bonds is 5. The summed E-state index contributed by atoms with van der Waals surface area (Å²) in [5.41, 5.74) is 1.05. The highest BCUT2D eigenvalue weighted by Crippen LogP contribution is 2.46. The molecular formula is C27H19FN2O4S. The summed E-state index contributed by atoms with van der Waals surface area (Å²) in [6.07, 6.45) is 0. The minimum atomic E-state index is -1.29. The van der Waals surface area contributed by atoms with Gasteiger partial charge < -0.3 is 10.2 Å². The normalized spacial score (nSPS) is 15.7. The highest BCUT2D eigenvalue weighted by Gasteiger charge is 2.47. The average molecular weight is 487 g/mol. The minimum Gasteiger partial charge on any atom is -0.506 e. The summed E-state index contributed by atoms with van der Waals surface area (Å²) in [6, 6.07) is 19.8. The van der Waals surface area contributed by atoms with Gasteiger partial charge in [-0.3, -0.25) is 14.5 Å². The first-order valence-electron chi connectivity index (χ1n) is 10.7. The van der Waals surface area contributed by atoms with Crippen LogP contribution in [0.1, 0.15) is 27.0 Å². The second-order valence-electron chi connectivity index (χ2n) is 7.98. The van der Waals surface area contributed by atoms with Crippen LogP contribution < -0.4 is 4.90 Å². The third kappa shape index (κ3) is 3.77. The molecule has 8 heteroatoms. The number of Topliss-reactive ketones (excluding diaryl/α,β-unsaturated/α-hetero) is 1. The molecule has 0 fully saturated rings. The number of aliphatic hydroxyl groups excluding tert-OH is 1. The second-order valence-corrected chi connectivity index (χ2v) is 8.98. The molecule has 2 heterocycles. The van der Waals surface area contributed by atoms with E-state index in [9.17, 15) is 19.8 Å². The van der Waals surface area contributed by atoms with Crippen molar-refractivity contribution in [1.82, 2.24) is 4.98 Å². The van der Waals surface area contributed by atoms with Crippen LogP contribution >= 0.6 is 11.3 Å². The fourth-order valence-electron chi connectivity index (χ4n) is 4.18. The van der Waals surface area contributed by atoms with Crippen molar-refractivity contribution in [3.05, 3.63) is 112 Å². The number of aliphatic hydroxyl groups is 1. The molecule has 1 amide bonds. The van der Waals surface area contributed by atoms with Crippen LogP contribution in [0.25, 0.3) is 10.6 Å². The lowest BCUT2D eigenvalue weighted by Gasteiger charge is -2.27. The van der Waals surface area contributed by atoms with Crippen molar-refractivity contribution < 1.29 is 24.2 Å². The number of carbonyl (C=O) groups is 2. The largest absolute Gasteiger partial charge is 0.506 e. The van der Waals surface area contributed by atoms with Gasteiger partial charge in [-0.05, 0) is 25.1 Å². The van der Waals surface area contributed by atoms with Crippen molar-refractivity contribution in [2.45, 2.75) is 13.0 Å². The lowest BCUT2D eigenvalue weighted by Crippen LogP contribution is -2.31. The number of phenolic OH excluding ortho intramolecular Hbond substituents is 1. The molecule has 3 aromatic carbocycles. The number of carbonyl (C=O) groups excluding carboxylic acids is 2. The first kappa shape index (κ1) is 22.5. The Kier molecular flexibility index (Phi) is 5.66. The molecule has 0 bridgehead atoms. The van der Waals surface area contributed by atoms with Crippen molar-refractivity contribution in [1.29, 1.82) is 0 Å². The number of hydrogen-bond donors (Lipinski definition) is 2. The number of anilines is 1. The maximum absolute atomic E-state index is 15.0. The smallest absolute Gasteiger partial charge is 0.294 e. The van der Waals surface area contributed by atoms with Crippen molar-refractivity contribution in [2.75, 3.05) is 4.90 Å². The van der Waals surface area contributed by atoms with Gasteiger partial charge in [-0.25, -0.2) is 9.37 Å². The molecule has 0 aliphatic carbocycles. The Labute approximate surface area is 204 Å². The first-order chi connectivity index (χ1) is 16.9. The van der Waals surface area contributed by atoms with Crippen LogP contribution in [0.3, 0.4) is 0 Å². The summed E-state index contributed by atoms with van der Waals surface area (Å²) in [5, 5.41) is 21.9. The summed E-state index contributed by atoms with van der Waals surface area (Å²) in [6.45, 7) is 1.67. The number of aromatic nitrogens is 1. The van der Waals surface area contributed by atoms with E-state index in [1.807, 2.05) is 30.3 Å². The molecular weight excluding hydrogens is 467 g/mol. The zero-order valence-corrected chi connectivity index (χ0v) is 19.3. The Morgan fingerprint density at radius 3 is 2.34 bits per heavy atom. The Hall–Kier alpha value is -4.30. The third-order valence-electron chi connectivity index (χ3n) is 5.82. The van der Waals surface area contributed by atoms with Crippen LogP contribution in [0.4, 0.5) is 10.1 Å². The molecule has 1 aliphatic rings. The van der Waals surface area contributed by atoms with Gasteiger partial charge in [0.1, 0.15) is 16.6 Å². The first-order valence-corrected chi connectivity index (χ1v) is 11.6. The highest BCUT2D eigenvalue weighted by atomic mass is 32.1. The van der Waals surface area contributed by atoms with E-state index in [4.69, 9.17) is 0 Å². The monoisotopic (exact) mass is 486 g/mol. The van der Waals surface area contributed by atoms with Crippen molar-refractivity contribution in [2.24, 2.45) is 0 Å². The van der Waals surface area contributed by atoms with Gasteiger partial charge in [0, 0.05) is 11.1 Å². The molecule has 5 rings (SSSR count). The fraction of sp³-hybridized carbons (Fsp3) is 0.0741. The standard InChI is InChI=1S/C27H19FN2O4S/c1-15-25(35-26(29-15)16-9-3-2-4-10-16)23(32)21-22(17-11-5-6-12-18(17)28)30(27(34)24(21)33)19-13-7-8-14-20(19)31/h2-14,22,31,33H,1H3. The van der Waals surface area contributed by atoms with Crippen LogP contribution in [0.5, 0.6) is 5.75 Å². The summed E-state index contributed by atoms with van der Waals surface area (Å²) < 4.78 is 15.0. The number of amides is 1. The quantitative estimate of drug-likeness (QED) is 0.351. The summed E-state index contributed by atoms with van der Waals surface area (Å²) in [5.74, 6) is -3.23. The summed E-state index contributed by atoms with van der Waals surface area (Å²) in [4.78, 5) is 32.8. The Morgan fingerprint density at radius 1 is 0.971 bits per heavy atom. The minimum absolute atomic E-state index is 0.0157. The Bertz CT molecular complexity index is 1500. The lowest BCUT2D eigenvalue weighted by atomic mass is 9.94. The van der Waals surface area contributed by atoms with Gasteiger partial charge in [-0.2, -0.15) is 0 Å². The van der Waals surface area contributed by atoms with E-state index in [2.05, 4.69) is 4.98 Å². The van der Waals surface area contributed by atoms with Crippen LogP contribution in [0.15, 0.2) is 90.2 Å². The molecule has 0 spiro atoms. The van der Waals surface area contributed by atoms with Crippen LogP contribution in [-0.2, 0) is 4.79 Å². The van der Waals surface area contributed by atoms with Crippen LogP contribution in [-0.4, -0.2) is 26.9 Å². The number of aromatic hydroxyl groups is 1. The number of benzene rings is 3. The van der Waals surface area contributed by atoms with Gasteiger partial charge >= 0.3 is 0 Å². The van der Waals surface area contributed by atoms with E-state index in [0.717, 1.165) is 21.8 Å². The Balaban J connectivity index is 1.67. The maximum atomic E-state index is 15.0. The molecule has 1 atom stereocenters. The lowest BCUT2D eigenvalue weighted by molar-refractivity contribution is -0.117. The molecule has 6 nitrogen and oxygen atoms in total. The number of hydrogen-bond acceptors (Lipinski definition) is 6. The van der Waals surface area contributed by atoms with E-state index in [1.165, 1.54) is 30.3 Å².